The lowest BCUT2D eigenvalue weighted by molar-refractivity contribution is -0.110. The maximum absolute atomic E-state index is 13.1. The molecule has 0 spiro atoms. The van der Waals surface area contributed by atoms with E-state index >= 15 is 0 Å². The van der Waals surface area contributed by atoms with Crippen molar-refractivity contribution < 1.29 is 4.79 Å². The van der Waals surface area contributed by atoms with E-state index in [2.05, 4.69) is 0 Å². The fourth-order valence-electron chi connectivity index (χ4n) is 3.35. The number of hydrogen-bond donors (Lipinski definition) is 0. The molecule has 2 aromatic carbocycles. The summed E-state index contributed by atoms with van der Waals surface area (Å²) < 4.78 is 0. The van der Waals surface area contributed by atoms with Crippen molar-refractivity contribution in [2.45, 2.75) is 35.4 Å². The van der Waals surface area contributed by atoms with Crippen LogP contribution in [0.3, 0.4) is 0 Å². The quantitative estimate of drug-likeness (QED) is 0.274. The average Bonchev–Trinajstić information content (AvgIpc) is 3.62. The Hall–Kier alpha value is -0.670. The highest BCUT2D eigenvalue weighted by atomic mass is 35.5. The van der Waals surface area contributed by atoms with Gasteiger partial charge in [-0.05, 0) is 84.4 Å². The van der Waals surface area contributed by atoms with Gasteiger partial charge in [0.1, 0.15) is 0 Å². The molecule has 0 atom stereocenters. The Bertz CT molecular complexity index is 1010. The van der Waals surface area contributed by atoms with Crippen LogP contribution in [0.4, 0.5) is 0 Å². The zero-order valence-corrected chi connectivity index (χ0v) is 20.2. The van der Waals surface area contributed by atoms with Gasteiger partial charge in [0.2, 0.25) is 0 Å². The van der Waals surface area contributed by atoms with Gasteiger partial charge >= 0.3 is 0 Å². The highest BCUT2D eigenvalue weighted by Gasteiger charge is 2.46. The molecule has 0 amide bonds. The largest absolute Gasteiger partial charge is 0.290 e. The molecule has 2 aliphatic rings. The molecular formula is C23H16Cl6O. The molecule has 30 heavy (non-hydrogen) atoms. The normalized spacial score (nSPS) is 19.5. The molecule has 0 aliphatic heterocycles. The number of carbonyl (C=O) groups is 1. The van der Waals surface area contributed by atoms with Crippen LogP contribution in [0.15, 0.2) is 48.6 Å². The van der Waals surface area contributed by atoms with Crippen LogP contribution in [-0.2, 0) is 4.79 Å². The zero-order valence-electron chi connectivity index (χ0n) is 15.6. The first-order valence-corrected chi connectivity index (χ1v) is 11.7. The molecule has 2 saturated carbocycles. The molecule has 2 aromatic rings. The highest BCUT2D eigenvalue weighted by molar-refractivity contribution is 6.43. The first-order chi connectivity index (χ1) is 14.1. The minimum absolute atomic E-state index is 0.198. The summed E-state index contributed by atoms with van der Waals surface area (Å²) in [6.45, 7) is 0. The van der Waals surface area contributed by atoms with Crippen molar-refractivity contribution in [3.8, 4) is 0 Å². The predicted octanol–water partition coefficient (Wildman–Crippen LogP) is 8.88. The van der Waals surface area contributed by atoms with Gasteiger partial charge in [-0.25, -0.2) is 0 Å². The molecule has 2 aliphatic carbocycles. The van der Waals surface area contributed by atoms with Crippen LogP contribution in [0.5, 0.6) is 0 Å². The lowest BCUT2D eigenvalue weighted by Crippen LogP contribution is -2.08. The van der Waals surface area contributed by atoms with Crippen LogP contribution in [0, 0.1) is 0 Å². The zero-order chi connectivity index (χ0) is 21.7. The smallest absolute Gasteiger partial charge is 0.179 e. The van der Waals surface area contributed by atoms with E-state index in [0.717, 1.165) is 48.0 Å². The third kappa shape index (κ3) is 4.72. The Morgan fingerprint density at radius 1 is 0.667 bits per heavy atom. The van der Waals surface area contributed by atoms with E-state index in [-0.39, 0.29) is 5.78 Å². The van der Waals surface area contributed by atoms with Gasteiger partial charge < -0.3 is 0 Å². The Morgan fingerprint density at radius 3 is 1.33 bits per heavy atom. The van der Waals surface area contributed by atoms with E-state index in [1.165, 1.54) is 0 Å². The molecule has 156 valence electrons. The minimum Gasteiger partial charge on any atom is -0.290 e. The standard InChI is InChI=1S/C23H16Cl6O/c24-18-3-1-13(9-20(18)26)16(22(28)5-6-22)11-15(30)12-17(23(29)7-8-23)14-2-4-19(25)21(27)10-14/h1-4,9-12H,5-8H2. The van der Waals surface area contributed by atoms with E-state index in [9.17, 15) is 4.79 Å². The molecule has 0 heterocycles. The number of hydrogen-bond acceptors (Lipinski definition) is 1. The van der Waals surface area contributed by atoms with Crippen LogP contribution >= 0.6 is 69.6 Å². The summed E-state index contributed by atoms with van der Waals surface area (Å²) in [6, 6.07) is 10.5. The molecule has 2 fully saturated rings. The maximum Gasteiger partial charge on any atom is 0.179 e. The third-order valence-electron chi connectivity index (χ3n) is 5.38. The molecule has 0 saturated heterocycles. The average molecular weight is 521 g/mol. The fraction of sp³-hybridized carbons (Fsp3) is 0.261. The summed E-state index contributed by atoms with van der Waals surface area (Å²) in [5, 5.41) is 1.73. The van der Waals surface area contributed by atoms with Gasteiger partial charge in [-0.3, -0.25) is 4.79 Å². The summed E-state index contributed by atoms with van der Waals surface area (Å²) in [7, 11) is 0. The SMILES string of the molecule is O=C(C=C(c1ccc(Cl)c(Cl)c1)C1(Cl)CC1)C=C(c1ccc(Cl)c(Cl)c1)C1(Cl)CC1. The molecule has 0 aromatic heterocycles. The third-order valence-corrected chi connectivity index (χ3v) is 8.02. The van der Waals surface area contributed by atoms with Crippen molar-refractivity contribution in [1.29, 1.82) is 0 Å². The minimum atomic E-state index is -0.567. The number of rotatable bonds is 6. The topological polar surface area (TPSA) is 17.1 Å². The summed E-state index contributed by atoms with van der Waals surface area (Å²) in [5.74, 6) is -0.198. The second-order valence-electron chi connectivity index (χ2n) is 7.71. The van der Waals surface area contributed by atoms with Gasteiger partial charge in [0.05, 0.1) is 29.8 Å². The fourth-order valence-corrected chi connectivity index (χ4v) is 4.47. The first-order valence-electron chi connectivity index (χ1n) is 9.38. The van der Waals surface area contributed by atoms with Crippen molar-refractivity contribution in [2.24, 2.45) is 0 Å². The van der Waals surface area contributed by atoms with Crippen molar-refractivity contribution >= 4 is 86.5 Å². The molecule has 4 rings (SSSR count). The molecule has 0 N–H and O–H groups in total. The maximum atomic E-state index is 13.1. The second-order valence-corrected chi connectivity index (χ2v) is 10.8. The number of carbonyl (C=O) groups excluding carboxylic acids is 1. The van der Waals surface area contributed by atoms with Gasteiger partial charge in [-0.2, -0.15) is 0 Å². The number of ketones is 1. The van der Waals surface area contributed by atoms with E-state index < -0.39 is 9.75 Å². The molecule has 0 radical (unpaired) electrons. The number of halogens is 6. The predicted molar refractivity (Wildman–Crippen MR) is 130 cm³/mol. The first kappa shape index (κ1) is 22.5. The van der Waals surface area contributed by atoms with Crippen molar-refractivity contribution in [3.05, 3.63) is 79.8 Å². The van der Waals surface area contributed by atoms with Crippen LogP contribution in [0.1, 0.15) is 36.8 Å². The van der Waals surface area contributed by atoms with E-state index in [1.54, 1.807) is 36.4 Å². The lowest BCUT2D eigenvalue weighted by Gasteiger charge is -2.15. The molecule has 0 bridgehead atoms. The molecule has 0 unspecified atom stereocenters. The molecule has 1 nitrogen and oxygen atoms in total. The Kier molecular flexibility index (Phi) is 6.27. The van der Waals surface area contributed by atoms with Crippen molar-refractivity contribution in [2.75, 3.05) is 0 Å². The second kappa shape index (κ2) is 8.35. The van der Waals surface area contributed by atoms with Gasteiger partial charge in [0.25, 0.3) is 0 Å². The van der Waals surface area contributed by atoms with Gasteiger partial charge in [-0.1, -0.05) is 58.5 Å². The van der Waals surface area contributed by atoms with E-state index in [4.69, 9.17) is 69.6 Å². The van der Waals surface area contributed by atoms with Crippen molar-refractivity contribution in [3.63, 3.8) is 0 Å². The summed E-state index contributed by atoms with van der Waals surface area (Å²) in [4.78, 5) is 11.9. The summed E-state index contributed by atoms with van der Waals surface area (Å²) in [6.07, 6.45) is 6.29. The number of benzene rings is 2. The van der Waals surface area contributed by atoms with E-state index in [0.29, 0.717) is 20.1 Å². The Balaban J connectivity index is 1.74. The Morgan fingerprint density at radius 2 is 1.03 bits per heavy atom. The number of alkyl halides is 2. The van der Waals surface area contributed by atoms with E-state index in [1.807, 2.05) is 12.1 Å². The van der Waals surface area contributed by atoms with Crippen LogP contribution in [0.2, 0.25) is 20.1 Å². The van der Waals surface area contributed by atoms with Crippen LogP contribution < -0.4 is 0 Å². The summed E-state index contributed by atoms with van der Waals surface area (Å²) >= 11 is 37.9. The molecule has 7 heteroatoms. The Labute approximate surface area is 205 Å². The summed E-state index contributed by atoms with van der Waals surface area (Å²) in [5.41, 5.74) is 3.03. The van der Waals surface area contributed by atoms with Gasteiger partial charge in [-0.15, -0.1) is 23.2 Å². The van der Waals surface area contributed by atoms with Crippen molar-refractivity contribution in [1.82, 2.24) is 0 Å². The van der Waals surface area contributed by atoms with Crippen LogP contribution in [-0.4, -0.2) is 15.5 Å². The highest BCUT2D eigenvalue weighted by Crippen LogP contribution is 2.54. The monoisotopic (exact) mass is 518 g/mol. The molecular weight excluding hydrogens is 505 g/mol. The van der Waals surface area contributed by atoms with Gasteiger partial charge in [0, 0.05) is 0 Å². The van der Waals surface area contributed by atoms with Crippen LogP contribution in [0.25, 0.3) is 11.1 Å². The van der Waals surface area contributed by atoms with Gasteiger partial charge in [0.15, 0.2) is 5.78 Å². The lowest BCUT2D eigenvalue weighted by atomic mass is 9.96. The number of allylic oxidation sites excluding steroid dienone is 4.